The summed E-state index contributed by atoms with van der Waals surface area (Å²) >= 11 is 0. The van der Waals surface area contributed by atoms with Crippen LogP contribution in [0.5, 0.6) is 0 Å². The van der Waals surface area contributed by atoms with Crippen molar-refractivity contribution in [3.05, 3.63) is 47.1 Å². The first-order valence-electron chi connectivity index (χ1n) is 11.8. The molecule has 1 nitrogen and oxygen atoms in total. The first-order valence-corrected chi connectivity index (χ1v) is 11.8. The van der Waals surface area contributed by atoms with Crippen molar-refractivity contribution in [3.63, 3.8) is 0 Å². The van der Waals surface area contributed by atoms with Gasteiger partial charge in [-0.05, 0) is 91.9 Å². The minimum atomic E-state index is 0.158. The van der Waals surface area contributed by atoms with E-state index in [0.29, 0.717) is 16.7 Å². The minimum absolute atomic E-state index is 0.158. The molecule has 0 unspecified atom stereocenters. The number of fused-ring (bicyclic) bond motifs is 5. The highest BCUT2D eigenvalue weighted by molar-refractivity contribution is 5.38. The van der Waals surface area contributed by atoms with Gasteiger partial charge in [-0.15, -0.1) is 0 Å². The van der Waals surface area contributed by atoms with Gasteiger partial charge in [-0.2, -0.15) is 0 Å². The molecule has 6 atom stereocenters. The van der Waals surface area contributed by atoms with Crippen molar-refractivity contribution < 1.29 is 5.11 Å². The van der Waals surface area contributed by atoms with Crippen molar-refractivity contribution in [3.8, 4) is 0 Å². The maximum atomic E-state index is 9.21. The van der Waals surface area contributed by atoms with Crippen LogP contribution < -0.4 is 0 Å². The molecule has 4 rings (SSSR count). The van der Waals surface area contributed by atoms with Gasteiger partial charge in [0.1, 0.15) is 0 Å². The van der Waals surface area contributed by atoms with Crippen molar-refractivity contribution in [1.82, 2.24) is 0 Å². The monoisotopic (exact) mass is 380 g/mol. The molecule has 0 aromatic rings. The van der Waals surface area contributed by atoms with Crippen molar-refractivity contribution in [1.29, 1.82) is 0 Å². The molecule has 28 heavy (non-hydrogen) atoms. The summed E-state index contributed by atoms with van der Waals surface area (Å²) in [4.78, 5) is 0. The quantitative estimate of drug-likeness (QED) is 0.520. The molecule has 0 saturated heterocycles. The summed E-state index contributed by atoms with van der Waals surface area (Å²) in [5, 5.41) is 9.21. The van der Waals surface area contributed by atoms with Crippen molar-refractivity contribution >= 4 is 0 Å². The van der Waals surface area contributed by atoms with Crippen LogP contribution in [0, 0.1) is 34.5 Å². The summed E-state index contributed by atoms with van der Waals surface area (Å²) in [5.41, 5.74) is 5.53. The third kappa shape index (κ3) is 3.18. The molecule has 3 fully saturated rings. The van der Waals surface area contributed by atoms with Gasteiger partial charge in [0, 0.05) is 0 Å². The van der Waals surface area contributed by atoms with Gasteiger partial charge in [-0.1, -0.05) is 68.7 Å². The van der Waals surface area contributed by atoms with Gasteiger partial charge in [0.25, 0.3) is 0 Å². The second-order valence-corrected chi connectivity index (χ2v) is 10.7. The summed E-state index contributed by atoms with van der Waals surface area (Å²) in [6.07, 6.45) is 22.9. The van der Waals surface area contributed by atoms with E-state index in [9.17, 15) is 5.11 Å². The molecule has 0 aromatic heterocycles. The van der Waals surface area contributed by atoms with E-state index in [0.717, 1.165) is 23.3 Å². The minimum Gasteiger partial charge on any atom is -0.392 e. The standard InChI is InChI=1S/C27H40O/c1-19(18-28)8-7-9-20(2)23-13-14-24-22-12-11-21-10-5-6-16-26(21,3)25(22)15-17-27(23,24)4/h7-9,11-12,20,23-25,28H,5-6,10,13-18H2,1-4H3/t20-,23-,24+,25+,26+,27-/m1/s1. The fourth-order valence-electron chi connectivity index (χ4n) is 7.52. The van der Waals surface area contributed by atoms with E-state index in [1.54, 1.807) is 5.57 Å². The lowest BCUT2D eigenvalue weighted by Crippen LogP contribution is -2.45. The molecule has 0 heterocycles. The number of hydrogen-bond acceptors (Lipinski definition) is 1. The maximum Gasteiger partial charge on any atom is 0.0642 e. The smallest absolute Gasteiger partial charge is 0.0642 e. The molecule has 0 aromatic carbocycles. The predicted molar refractivity (Wildman–Crippen MR) is 119 cm³/mol. The molecule has 1 heteroatoms. The lowest BCUT2D eigenvalue weighted by atomic mass is 9.50. The molecule has 154 valence electrons. The Hall–Kier alpha value is -1.08. The Kier molecular flexibility index (Phi) is 5.51. The van der Waals surface area contributed by atoms with Gasteiger partial charge in [0.2, 0.25) is 0 Å². The fraction of sp³-hybridized carbons (Fsp3) is 0.704. The Labute approximate surface area is 172 Å². The molecule has 1 N–H and O–H groups in total. The molecule has 4 aliphatic carbocycles. The second-order valence-electron chi connectivity index (χ2n) is 10.7. The second kappa shape index (κ2) is 7.63. The van der Waals surface area contributed by atoms with Crippen LogP contribution in [0.1, 0.15) is 79.1 Å². The summed E-state index contributed by atoms with van der Waals surface area (Å²) in [6.45, 7) is 9.76. The van der Waals surface area contributed by atoms with E-state index < -0.39 is 0 Å². The Morgan fingerprint density at radius 2 is 1.96 bits per heavy atom. The average molecular weight is 381 g/mol. The van der Waals surface area contributed by atoms with Crippen molar-refractivity contribution in [2.24, 2.45) is 34.5 Å². The Balaban J connectivity index is 1.57. The van der Waals surface area contributed by atoms with Crippen LogP contribution in [0.25, 0.3) is 0 Å². The van der Waals surface area contributed by atoms with Crippen LogP contribution in [-0.4, -0.2) is 11.7 Å². The zero-order chi connectivity index (χ0) is 19.9. The Bertz CT molecular complexity index is 723. The molecular formula is C27H40O. The van der Waals surface area contributed by atoms with E-state index >= 15 is 0 Å². The van der Waals surface area contributed by atoms with Crippen LogP contribution in [-0.2, 0) is 0 Å². The average Bonchev–Trinajstić information content (AvgIpc) is 3.04. The third-order valence-corrected chi connectivity index (χ3v) is 9.24. The van der Waals surface area contributed by atoms with E-state index in [2.05, 4.69) is 51.2 Å². The highest BCUT2D eigenvalue weighted by atomic mass is 16.3. The predicted octanol–water partition coefficient (Wildman–Crippen LogP) is 7.01. The van der Waals surface area contributed by atoms with Gasteiger partial charge in [-0.25, -0.2) is 0 Å². The molecule has 0 radical (unpaired) electrons. The maximum absolute atomic E-state index is 9.21. The zero-order valence-corrected chi connectivity index (χ0v) is 18.5. The Morgan fingerprint density at radius 1 is 1.14 bits per heavy atom. The van der Waals surface area contributed by atoms with E-state index in [1.807, 2.05) is 12.5 Å². The lowest BCUT2D eigenvalue weighted by Gasteiger charge is -2.54. The third-order valence-electron chi connectivity index (χ3n) is 9.24. The molecular weight excluding hydrogens is 340 g/mol. The molecule has 3 saturated carbocycles. The first-order chi connectivity index (χ1) is 13.4. The van der Waals surface area contributed by atoms with E-state index in [-0.39, 0.29) is 6.61 Å². The van der Waals surface area contributed by atoms with Gasteiger partial charge < -0.3 is 5.11 Å². The topological polar surface area (TPSA) is 20.2 Å². The van der Waals surface area contributed by atoms with Crippen LogP contribution >= 0.6 is 0 Å². The number of rotatable bonds is 4. The van der Waals surface area contributed by atoms with Crippen LogP contribution in [0.15, 0.2) is 47.1 Å². The summed E-state index contributed by atoms with van der Waals surface area (Å²) < 4.78 is 0. The summed E-state index contributed by atoms with van der Waals surface area (Å²) in [6, 6.07) is 0. The number of hydrogen-bond donors (Lipinski definition) is 1. The van der Waals surface area contributed by atoms with Gasteiger partial charge in [0.05, 0.1) is 6.61 Å². The van der Waals surface area contributed by atoms with Crippen LogP contribution in [0.2, 0.25) is 0 Å². The van der Waals surface area contributed by atoms with E-state index in [1.165, 1.54) is 51.4 Å². The normalized spacial score (nSPS) is 41.8. The number of aliphatic hydroxyl groups is 1. The van der Waals surface area contributed by atoms with E-state index in [4.69, 9.17) is 0 Å². The highest BCUT2D eigenvalue weighted by Gasteiger charge is 2.56. The molecule has 0 amide bonds. The van der Waals surface area contributed by atoms with Gasteiger partial charge >= 0.3 is 0 Å². The van der Waals surface area contributed by atoms with Crippen molar-refractivity contribution in [2.75, 3.05) is 6.61 Å². The molecule has 0 spiro atoms. The number of allylic oxidation sites excluding steroid dienone is 7. The van der Waals surface area contributed by atoms with Crippen LogP contribution in [0.4, 0.5) is 0 Å². The molecule has 0 bridgehead atoms. The highest BCUT2D eigenvalue weighted by Crippen LogP contribution is 2.65. The van der Waals surface area contributed by atoms with Crippen LogP contribution in [0.3, 0.4) is 0 Å². The lowest BCUT2D eigenvalue weighted by molar-refractivity contribution is 0.0576. The largest absolute Gasteiger partial charge is 0.392 e. The van der Waals surface area contributed by atoms with Gasteiger partial charge in [-0.3, -0.25) is 0 Å². The Morgan fingerprint density at radius 3 is 2.75 bits per heavy atom. The molecule has 0 aliphatic heterocycles. The first kappa shape index (κ1) is 20.2. The fourth-order valence-corrected chi connectivity index (χ4v) is 7.52. The van der Waals surface area contributed by atoms with Gasteiger partial charge in [0.15, 0.2) is 0 Å². The van der Waals surface area contributed by atoms with Crippen molar-refractivity contribution in [2.45, 2.75) is 79.1 Å². The molecule has 4 aliphatic rings. The SMILES string of the molecule is CC(=CC=C[C@@H](C)[C@H]1CC[C@H]2C3=CC=C4CCCC[C@]4(C)[C@H]3CC[C@]12C)CO. The summed E-state index contributed by atoms with van der Waals surface area (Å²) in [5.74, 6) is 2.99. The number of aliphatic hydroxyl groups excluding tert-OH is 1. The zero-order valence-electron chi connectivity index (χ0n) is 18.5. The summed E-state index contributed by atoms with van der Waals surface area (Å²) in [7, 11) is 0.